The van der Waals surface area contributed by atoms with Crippen molar-refractivity contribution in [1.29, 1.82) is 5.26 Å². The fourth-order valence-corrected chi connectivity index (χ4v) is 5.78. The first kappa shape index (κ1) is 19.3. The molecular weight excluding hydrogens is 350 g/mol. The van der Waals surface area contributed by atoms with Crippen LogP contribution in [0.15, 0.2) is 24.3 Å². The standard InChI is InChI=1S/C23H31N3O2/c1-2-3-6-20-17-13-19(21-7-4-5-12-26(20)21)22(14-17)28-23(27)25-18-10-8-16(15-24)9-11-18/h8-11,17,19-22H,2-7,12-14H2,1H3,(H,25,27)/t17-,19-,20+,21-,22-/m1/s1. The molecule has 5 nitrogen and oxygen atoms in total. The normalized spacial score (nSPS) is 31.6. The lowest BCUT2D eigenvalue weighted by Crippen LogP contribution is -2.55. The molecule has 150 valence electrons. The molecule has 1 aromatic rings. The van der Waals surface area contributed by atoms with E-state index in [1.165, 1.54) is 51.5 Å². The minimum atomic E-state index is -0.366. The number of amides is 1. The van der Waals surface area contributed by atoms with E-state index in [1.54, 1.807) is 24.3 Å². The highest BCUT2D eigenvalue weighted by molar-refractivity contribution is 5.84. The minimum Gasteiger partial charge on any atom is -0.446 e. The van der Waals surface area contributed by atoms with E-state index in [2.05, 4.69) is 23.2 Å². The highest BCUT2D eigenvalue weighted by Gasteiger charge is 2.52. The summed E-state index contributed by atoms with van der Waals surface area (Å²) < 4.78 is 5.95. The summed E-state index contributed by atoms with van der Waals surface area (Å²) in [5, 5.41) is 11.7. The zero-order chi connectivity index (χ0) is 19.5. The summed E-state index contributed by atoms with van der Waals surface area (Å²) in [7, 11) is 0. The van der Waals surface area contributed by atoms with Gasteiger partial charge in [0.05, 0.1) is 11.6 Å². The van der Waals surface area contributed by atoms with Gasteiger partial charge in [-0.1, -0.05) is 26.2 Å². The highest BCUT2D eigenvalue weighted by atomic mass is 16.6. The van der Waals surface area contributed by atoms with Crippen LogP contribution in [0.2, 0.25) is 0 Å². The molecule has 3 aliphatic rings. The van der Waals surface area contributed by atoms with Crippen molar-refractivity contribution in [3.05, 3.63) is 29.8 Å². The molecule has 3 fully saturated rings. The molecule has 4 rings (SSSR count). The lowest BCUT2D eigenvalue weighted by atomic mass is 9.79. The summed E-state index contributed by atoms with van der Waals surface area (Å²) in [6.45, 7) is 3.49. The minimum absolute atomic E-state index is 0.0283. The van der Waals surface area contributed by atoms with Gasteiger partial charge >= 0.3 is 6.09 Å². The molecule has 2 bridgehead atoms. The number of nitriles is 1. The van der Waals surface area contributed by atoms with Gasteiger partial charge in [-0.3, -0.25) is 10.2 Å². The number of benzene rings is 1. The van der Waals surface area contributed by atoms with E-state index in [0.717, 1.165) is 6.42 Å². The molecule has 2 heterocycles. The van der Waals surface area contributed by atoms with Gasteiger partial charge in [-0.05, 0) is 68.8 Å². The third kappa shape index (κ3) is 3.89. The van der Waals surface area contributed by atoms with Gasteiger partial charge < -0.3 is 4.74 Å². The number of hydrogen-bond acceptors (Lipinski definition) is 4. The molecule has 0 aromatic heterocycles. The van der Waals surface area contributed by atoms with Crippen molar-refractivity contribution in [2.24, 2.45) is 11.8 Å². The van der Waals surface area contributed by atoms with Gasteiger partial charge in [0.2, 0.25) is 0 Å². The molecule has 0 unspecified atom stereocenters. The van der Waals surface area contributed by atoms with Gasteiger partial charge in [-0.25, -0.2) is 4.79 Å². The molecule has 2 aliphatic heterocycles. The smallest absolute Gasteiger partial charge is 0.411 e. The Kier molecular flexibility index (Phi) is 5.87. The average Bonchev–Trinajstić information content (AvgIpc) is 3.07. The Hall–Kier alpha value is -2.06. The largest absolute Gasteiger partial charge is 0.446 e. The maximum atomic E-state index is 12.5. The number of carbonyl (C=O) groups is 1. The summed E-state index contributed by atoms with van der Waals surface area (Å²) in [5.41, 5.74) is 1.25. The zero-order valence-electron chi connectivity index (χ0n) is 16.8. The van der Waals surface area contributed by atoms with Gasteiger partial charge in [-0.15, -0.1) is 0 Å². The van der Waals surface area contributed by atoms with Crippen molar-refractivity contribution in [1.82, 2.24) is 4.90 Å². The lowest BCUT2D eigenvalue weighted by Gasteiger charge is -2.49. The van der Waals surface area contributed by atoms with Crippen molar-refractivity contribution in [3.63, 3.8) is 0 Å². The summed E-state index contributed by atoms with van der Waals surface area (Å²) in [6.07, 6.45) is 9.56. The van der Waals surface area contributed by atoms with Crippen molar-refractivity contribution in [2.75, 3.05) is 11.9 Å². The predicted octanol–water partition coefficient (Wildman–Crippen LogP) is 4.93. The second-order valence-electron chi connectivity index (χ2n) is 8.66. The second kappa shape index (κ2) is 8.53. The number of fused-ring (bicyclic) bond motifs is 4. The number of carbonyl (C=O) groups excluding carboxylic acids is 1. The van der Waals surface area contributed by atoms with Crippen LogP contribution in [0, 0.1) is 23.2 Å². The fraction of sp³-hybridized carbons (Fsp3) is 0.652. The van der Waals surface area contributed by atoms with E-state index in [4.69, 9.17) is 10.00 Å². The first-order valence-electron chi connectivity index (χ1n) is 10.9. The van der Waals surface area contributed by atoms with Crippen LogP contribution in [0.1, 0.15) is 63.9 Å². The van der Waals surface area contributed by atoms with E-state index in [9.17, 15) is 4.79 Å². The Morgan fingerprint density at radius 1 is 1.29 bits per heavy atom. The lowest BCUT2D eigenvalue weighted by molar-refractivity contribution is -0.0177. The Morgan fingerprint density at radius 2 is 2.11 bits per heavy atom. The Labute approximate surface area is 168 Å². The number of ether oxygens (including phenoxy) is 1. The summed E-state index contributed by atoms with van der Waals surface area (Å²) in [5.74, 6) is 1.15. The first-order valence-corrected chi connectivity index (χ1v) is 10.9. The number of unbranched alkanes of at least 4 members (excludes halogenated alkanes) is 1. The zero-order valence-corrected chi connectivity index (χ0v) is 16.8. The number of nitrogens with zero attached hydrogens (tertiary/aromatic N) is 2. The Balaban J connectivity index is 1.41. The molecule has 5 atom stereocenters. The van der Waals surface area contributed by atoms with Gasteiger partial charge in [0.25, 0.3) is 0 Å². The molecule has 1 aromatic carbocycles. The predicted molar refractivity (Wildman–Crippen MR) is 109 cm³/mol. The molecule has 2 saturated heterocycles. The molecular formula is C23H31N3O2. The van der Waals surface area contributed by atoms with Crippen LogP contribution in [0.25, 0.3) is 0 Å². The maximum Gasteiger partial charge on any atom is 0.411 e. The van der Waals surface area contributed by atoms with Crippen molar-refractivity contribution < 1.29 is 9.53 Å². The van der Waals surface area contributed by atoms with Gasteiger partial charge in [0, 0.05) is 23.7 Å². The van der Waals surface area contributed by atoms with E-state index >= 15 is 0 Å². The number of rotatable bonds is 5. The first-order chi connectivity index (χ1) is 13.7. The van der Waals surface area contributed by atoms with Gasteiger partial charge in [0.15, 0.2) is 0 Å². The average molecular weight is 382 g/mol. The number of hydrogen-bond donors (Lipinski definition) is 1. The Bertz CT molecular complexity index is 726. The highest BCUT2D eigenvalue weighted by Crippen LogP contribution is 2.49. The number of piperidine rings is 2. The van der Waals surface area contributed by atoms with Gasteiger partial charge in [0.1, 0.15) is 6.10 Å². The van der Waals surface area contributed by atoms with Crippen LogP contribution in [0.3, 0.4) is 0 Å². The van der Waals surface area contributed by atoms with Crippen LogP contribution in [0.5, 0.6) is 0 Å². The molecule has 28 heavy (non-hydrogen) atoms. The van der Waals surface area contributed by atoms with Crippen LogP contribution in [-0.4, -0.2) is 35.7 Å². The van der Waals surface area contributed by atoms with E-state index < -0.39 is 0 Å². The summed E-state index contributed by atoms with van der Waals surface area (Å²) >= 11 is 0. The van der Waals surface area contributed by atoms with Crippen molar-refractivity contribution in [2.45, 2.75) is 76.5 Å². The quantitative estimate of drug-likeness (QED) is 0.785. The molecule has 0 radical (unpaired) electrons. The SMILES string of the molecule is CCCC[C@H]1[C@@H]2C[C@H]([C@H]3CCCCN31)[C@H](OC(=O)Nc1ccc(C#N)cc1)C2. The van der Waals surface area contributed by atoms with Crippen LogP contribution >= 0.6 is 0 Å². The number of nitrogens with one attached hydrogen (secondary N) is 1. The molecule has 1 N–H and O–H groups in total. The van der Waals surface area contributed by atoms with Gasteiger partial charge in [-0.2, -0.15) is 5.26 Å². The fourth-order valence-electron chi connectivity index (χ4n) is 5.78. The summed E-state index contributed by atoms with van der Waals surface area (Å²) in [4.78, 5) is 15.3. The Morgan fingerprint density at radius 3 is 2.86 bits per heavy atom. The summed E-state index contributed by atoms with van der Waals surface area (Å²) in [6, 6.07) is 10.3. The van der Waals surface area contributed by atoms with Crippen molar-refractivity contribution in [3.8, 4) is 6.07 Å². The molecule has 1 saturated carbocycles. The number of anilines is 1. The van der Waals surface area contributed by atoms with E-state index in [-0.39, 0.29) is 12.2 Å². The molecule has 5 heteroatoms. The van der Waals surface area contributed by atoms with Crippen LogP contribution in [0.4, 0.5) is 10.5 Å². The second-order valence-corrected chi connectivity index (χ2v) is 8.66. The van der Waals surface area contributed by atoms with Crippen LogP contribution < -0.4 is 5.32 Å². The van der Waals surface area contributed by atoms with Crippen LogP contribution in [-0.2, 0) is 4.74 Å². The monoisotopic (exact) mass is 381 g/mol. The topological polar surface area (TPSA) is 65.4 Å². The van der Waals surface area contributed by atoms with E-state index in [0.29, 0.717) is 35.2 Å². The molecule has 0 spiro atoms. The maximum absolute atomic E-state index is 12.5. The molecule has 1 amide bonds. The molecule has 1 aliphatic carbocycles. The van der Waals surface area contributed by atoms with E-state index in [1.807, 2.05) is 0 Å². The van der Waals surface area contributed by atoms with Crippen molar-refractivity contribution >= 4 is 11.8 Å². The third-order valence-corrected chi connectivity index (χ3v) is 7.02. The third-order valence-electron chi connectivity index (χ3n) is 7.02.